The summed E-state index contributed by atoms with van der Waals surface area (Å²) in [5, 5.41) is 43.4. The van der Waals surface area contributed by atoms with Gasteiger partial charge in [0.05, 0.1) is 24.2 Å². The maximum Gasteiger partial charge on any atom is 0.310 e. The molecular formula is C28H48O6. The first kappa shape index (κ1) is 26.4. The van der Waals surface area contributed by atoms with Crippen LogP contribution in [0.1, 0.15) is 80.1 Å². The van der Waals surface area contributed by atoms with Crippen LogP contribution in [0.2, 0.25) is 0 Å². The van der Waals surface area contributed by atoms with Crippen LogP contribution in [0.5, 0.6) is 0 Å². The van der Waals surface area contributed by atoms with E-state index in [9.17, 15) is 25.2 Å². The predicted octanol–water partition coefficient (Wildman–Crippen LogP) is 3.39. The molecule has 0 spiro atoms. The van der Waals surface area contributed by atoms with Crippen molar-refractivity contribution >= 4 is 5.97 Å². The van der Waals surface area contributed by atoms with Crippen LogP contribution in [0.25, 0.3) is 0 Å². The van der Waals surface area contributed by atoms with Gasteiger partial charge in [0, 0.05) is 13.0 Å². The maximum atomic E-state index is 12.7. The van der Waals surface area contributed by atoms with E-state index in [4.69, 9.17) is 4.74 Å². The molecule has 0 radical (unpaired) electrons. The number of carbonyl (C=O) groups excluding carboxylic acids is 1. The van der Waals surface area contributed by atoms with Crippen LogP contribution in [-0.2, 0) is 9.53 Å². The van der Waals surface area contributed by atoms with Gasteiger partial charge in [-0.25, -0.2) is 0 Å². The highest BCUT2D eigenvalue weighted by Gasteiger charge is 2.63. The summed E-state index contributed by atoms with van der Waals surface area (Å²) in [6.07, 6.45) is 2.49. The molecule has 6 heteroatoms. The van der Waals surface area contributed by atoms with E-state index < -0.39 is 18.3 Å². The second-order valence-corrected chi connectivity index (χ2v) is 13.3. The van der Waals surface area contributed by atoms with Crippen LogP contribution in [0.3, 0.4) is 0 Å². The van der Waals surface area contributed by atoms with Gasteiger partial charge in [0.2, 0.25) is 0 Å². The molecule has 6 nitrogen and oxygen atoms in total. The SMILES string of the molecule is CC(C)[C@H](C)[C@@H](O)[C@H](O)[C@@H](C)[C@H]1CCC2[C@H](CO)C([C@@]3(C)C[C@@H](O)[C@@H]4C[C@H]3C(=O)O4)CC[C@@]21C. The Morgan fingerprint density at radius 1 is 1.00 bits per heavy atom. The first-order valence-corrected chi connectivity index (χ1v) is 13.7. The molecule has 4 fully saturated rings. The van der Waals surface area contributed by atoms with Gasteiger partial charge in [0.25, 0.3) is 0 Å². The van der Waals surface area contributed by atoms with Crippen molar-refractivity contribution in [2.75, 3.05) is 6.61 Å². The van der Waals surface area contributed by atoms with Crippen molar-refractivity contribution in [1.29, 1.82) is 0 Å². The van der Waals surface area contributed by atoms with Gasteiger partial charge in [-0.05, 0) is 84.4 Å². The first-order valence-electron chi connectivity index (χ1n) is 13.7. The fourth-order valence-corrected chi connectivity index (χ4v) is 9.04. The largest absolute Gasteiger partial charge is 0.459 e. The molecule has 4 aliphatic rings. The van der Waals surface area contributed by atoms with E-state index in [0.717, 1.165) is 25.7 Å². The Morgan fingerprint density at radius 3 is 2.26 bits per heavy atom. The molecule has 1 heterocycles. The van der Waals surface area contributed by atoms with Crippen LogP contribution in [-0.4, -0.2) is 57.4 Å². The summed E-state index contributed by atoms with van der Waals surface area (Å²) in [6.45, 7) is 12.8. The number of aliphatic hydroxyl groups excluding tert-OH is 4. The van der Waals surface area contributed by atoms with Crippen molar-refractivity contribution in [1.82, 2.24) is 0 Å². The number of fused-ring (bicyclic) bond motifs is 3. The molecule has 13 atom stereocenters. The highest BCUT2D eigenvalue weighted by molar-refractivity contribution is 5.76. The summed E-state index contributed by atoms with van der Waals surface area (Å²) in [4.78, 5) is 12.7. The van der Waals surface area contributed by atoms with Crippen LogP contribution >= 0.6 is 0 Å². The lowest BCUT2D eigenvalue weighted by molar-refractivity contribution is -0.149. The Labute approximate surface area is 205 Å². The molecule has 4 N–H and O–H groups in total. The Balaban J connectivity index is 1.55. The summed E-state index contributed by atoms with van der Waals surface area (Å²) in [7, 11) is 0. The van der Waals surface area contributed by atoms with Gasteiger partial charge in [-0.3, -0.25) is 4.79 Å². The van der Waals surface area contributed by atoms with E-state index in [2.05, 4.69) is 34.6 Å². The number of esters is 1. The highest BCUT2D eigenvalue weighted by Crippen LogP contribution is 2.66. The average molecular weight is 481 g/mol. The molecule has 2 bridgehead atoms. The zero-order chi connectivity index (χ0) is 25.2. The Morgan fingerprint density at radius 2 is 1.65 bits per heavy atom. The molecule has 0 aromatic heterocycles. The minimum Gasteiger partial charge on any atom is -0.459 e. The van der Waals surface area contributed by atoms with Gasteiger partial charge in [0.15, 0.2) is 0 Å². The van der Waals surface area contributed by atoms with Crippen molar-refractivity contribution in [2.45, 2.75) is 104 Å². The van der Waals surface area contributed by atoms with Crippen molar-refractivity contribution in [3.05, 3.63) is 0 Å². The molecule has 1 saturated heterocycles. The molecule has 4 rings (SSSR count). The molecule has 2 unspecified atom stereocenters. The molecule has 3 saturated carbocycles. The minimum atomic E-state index is -0.764. The summed E-state index contributed by atoms with van der Waals surface area (Å²) < 4.78 is 5.49. The summed E-state index contributed by atoms with van der Waals surface area (Å²) >= 11 is 0. The summed E-state index contributed by atoms with van der Waals surface area (Å²) in [5.41, 5.74) is -0.391. The van der Waals surface area contributed by atoms with Gasteiger partial charge >= 0.3 is 5.97 Å². The lowest BCUT2D eigenvalue weighted by Gasteiger charge is -2.56. The molecule has 0 aromatic rings. The van der Waals surface area contributed by atoms with E-state index >= 15 is 0 Å². The maximum absolute atomic E-state index is 12.7. The second-order valence-electron chi connectivity index (χ2n) is 13.3. The van der Waals surface area contributed by atoms with Crippen molar-refractivity contribution in [3.8, 4) is 0 Å². The Hall–Kier alpha value is -0.690. The van der Waals surface area contributed by atoms with Crippen LogP contribution in [0.4, 0.5) is 0 Å². The summed E-state index contributed by atoms with van der Waals surface area (Å²) in [5.74, 6) is 0.726. The zero-order valence-electron chi connectivity index (χ0n) is 22.0. The number of ether oxygens (including phenoxy) is 1. The smallest absolute Gasteiger partial charge is 0.310 e. The third-order valence-corrected chi connectivity index (χ3v) is 11.6. The number of hydrogen-bond acceptors (Lipinski definition) is 6. The zero-order valence-corrected chi connectivity index (χ0v) is 22.0. The average Bonchev–Trinajstić information content (AvgIpc) is 3.33. The predicted molar refractivity (Wildman–Crippen MR) is 130 cm³/mol. The third-order valence-electron chi connectivity index (χ3n) is 11.6. The molecule has 3 aliphatic carbocycles. The van der Waals surface area contributed by atoms with Gasteiger partial charge < -0.3 is 25.2 Å². The fourth-order valence-electron chi connectivity index (χ4n) is 9.04. The molecule has 1 aliphatic heterocycles. The van der Waals surface area contributed by atoms with Crippen LogP contribution in [0, 0.1) is 58.2 Å². The first-order chi connectivity index (χ1) is 15.9. The van der Waals surface area contributed by atoms with Crippen LogP contribution < -0.4 is 0 Å². The number of rotatable bonds is 7. The van der Waals surface area contributed by atoms with Gasteiger partial charge in [0.1, 0.15) is 6.10 Å². The standard InChI is InChI=1S/C28H48O6/c1-14(2)15(3)24(31)25(32)16(4)18-7-8-19-17(13-29)20(9-10-27(18,19)5)28(6)12-22(30)23-11-21(28)26(33)34-23/h14-25,29-32H,7-13H2,1-6H3/t15-,16-,17-,18+,19?,20?,21-,22+,23-,24+,25+,27+,28+/m0/s1. The van der Waals surface area contributed by atoms with E-state index in [-0.39, 0.29) is 65.0 Å². The van der Waals surface area contributed by atoms with Crippen molar-refractivity contribution in [3.63, 3.8) is 0 Å². The molecule has 34 heavy (non-hydrogen) atoms. The fraction of sp³-hybridized carbons (Fsp3) is 0.964. The quantitative estimate of drug-likeness (QED) is 0.416. The Kier molecular flexibility index (Phi) is 7.23. The second kappa shape index (κ2) is 9.32. The van der Waals surface area contributed by atoms with E-state index in [1.165, 1.54) is 0 Å². The van der Waals surface area contributed by atoms with Crippen molar-refractivity contribution in [2.24, 2.45) is 58.2 Å². The van der Waals surface area contributed by atoms with E-state index in [1.54, 1.807) is 0 Å². The molecule has 196 valence electrons. The Bertz CT molecular complexity index is 755. The number of hydrogen-bond donors (Lipinski definition) is 4. The van der Waals surface area contributed by atoms with Gasteiger partial charge in [-0.1, -0.05) is 41.5 Å². The molecule has 0 amide bonds. The lowest BCUT2D eigenvalue weighted by atomic mass is 9.48. The van der Waals surface area contributed by atoms with E-state index in [1.807, 2.05) is 6.92 Å². The van der Waals surface area contributed by atoms with Gasteiger partial charge in [-0.15, -0.1) is 0 Å². The minimum absolute atomic E-state index is 0.0204. The number of aliphatic hydroxyl groups is 4. The topological polar surface area (TPSA) is 107 Å². The number of carbonyl (C=O) groups is 1. The monoisotopic (exact) mass is 480 g/mol. The lowest BCUT2D eigenvalue weighted by Crippen LogP contribution is -2.54. The molecular weight excluding hydrogens is 432 g/mol. The van der Waals surface area contributed by atoms with Crippen LogP contribution in [0.15, 0.2) is 0 Å². The van der Waals surface area contributed by atoms with Crippen molar-refractivity contribution < 1.29 is 30.0 Å². The highest BCUT2D eigenvalue weighted by atomic mass is 16.6. The third kappa shape index (κ3) is 3.95. The van der Waals surface area contributed by atoms with E-state index in [0.29, 0.717) is 24.7 Å². The molecule has 0 aromatic carbocycles. The normalized spacial score (nSPS) is 47.7. The summed E-state index contributed by atoms with van der Waals surface area (Å²) in [6, 6.07) is 0. The van der Waals surface area contributed by atoms with Gasteiger partial charge in [-0.2, -0.15) is 0 Å².